The molecule has 1 aliphatic rings. The van der Waals surface area contributed by atoms with Gasteiger partial charge in [-0.3, -0.25) is 4.98 Å². The molecule has 3 heterocycles. The van der Waals surface area contributed by atoms with Crippen molar-refractivity contribution in [3.63, 3.8) is 0 Å². The Morgan fingerprint density at radius 1 is 0.919 bits per heavy atom. The number of aryl methyl sites for hydroxylation is 3. The number of thiocarbonyl (C=S) groups is 1. The monoisotopic (exact) mass is 510 g/mol. The van der Waals surface area contributed by atoms with E-state index < -0.39 is 0 Å². The Balaban J connectivity index is 1.65. The highest BCUT2D eigenvalue weighted by Gasteiger charge is 2.42. The van der Waals surface area contributed by atoms with Gasteiger partial charge in [0.05, 0.1) is 29.6 Å². The zero-order valence-electron chi connectivity index (χ0n) is 22.3. The molecule has 2 aromatic heterocycles. The van der Waals surface area contributed by atoms with Gasteiger partial charge in [-0.2, -0.15) is 0 Å². The van der Waals surface area contributed by atoms with Crippen LogP contribution in [0.25, 0.3) is 5.69 Å². The molecule has 0 bridgehead atoms. The second-order valence-corrected chi connectivity index (χ2v) is 10.4. The first-order valence-electron chi connectivity index (χ1n) is 12.8. The van der Waals surface area contributed by atoms with Gasteiger partial charge in [-0.05, 0) is 113 Å². The molecule has 0 radical (unpaired) electrons. The fraction of sp³-hybridized carbons (Fsp3) is 0.290. The number of hydrogen-bond acceptors (Lipinski definition) is 3. The fourth-order valence-electron chi connectivity index (χ4n) is 5.50. The Morgan fingerprint density at radius 2 is 1.62 bits per heavy atom. The van der Waals surface area contributed by atoms with Gasteiger partial charge in [0, 0.05) is 23.3 Å². The first-order chi connectivity index (χ1) is 17.8. The molecule has 190 valence electrons. The van der Waals surface area contributed by atoms with Crippen molar-refractivity contribution in [2.24, 2.45) is 0 Å². The second kappa shape index (κ2) is 10.0. The van der Waals surface area contributed by atoms with Crippen LogP contribution in [0, 0.1) is 27.7 Å². The quantitative estimate of drug-likeness (QED) is 0.281. The molecule has 37 heavy (non-hydrogen) atoms. The number of aromatic nitrogens is 2. The Hall–Kier alpha value is -3.64. The Bertz CT molecular complexity index is 1410. The van der Waals surface area contributed by atoms with Crippen LogP contribution in [-0.2, 0) is 0 Å². The number of hydrogen-bond donors (Lipinski definition) is 1. The molecule has 0 spiro atoms. The third-order valence-electron chi connectivity index (χ3n) is 7.04. The zero-order chi connectivity index (χ0) is 26.3. The minimum atomic E-state index is -0.0905. The molecule has 2 aromatic carbocycles. The van der Waals surface area contributed by atoms with Gasteiger partial charge in [0.15, 0.2) is 5.11 Å². The summed E-state index contributed by atoms with van der Waals surface area (Å²) in [5.74, 6) is 0.850. The SMILES string of the molecule is Cc1cccc(C)c1-n1c(C)cc([C@H]2[C@@H](c3ccccn3)NC(=S)N2c2ccc(OC(C)C)cc2)c1C. The number of nitrogens with zero attached hydrogens (tertiary/aromatic N) is 3. The summed E-state index contributed by atoms with van der Waals surface area (Å²) in [4.78, 5) is 6.94. The minimum Gasteiger partial charge on any atom is -0.491 e. The third kappa shape index (κ3) is 4.62. The van der Waals surface area contributed by atoms with Crippen molar-refractivity contribution in [3.8, 4) is 11.4 Å². The van der Waals surface area contributed by atoms with Crippen LogP contribution >= 0.6 is 12.2 Å². The fourth-order valence-corrected chi connectivity index (χ4v) is 5.84. The maximum atomic E-state index is 5.95. The molecule has 0 saturated carbocycles. The van der Waals surface area contributed by atoms with Gasteiger partial charge in [0.2, 0.25) is 0 Å². The van der Waals surface area contributed by atoms with Gasteiger partial charge < -0.3 is 19.5 Å². The molecular formula is C31H34N4OS. The Morgan fingerprint density at radius 3 is 2.24 bits per heavy atom. The molecule has 0 aliphatic carbocycles. The first kappa shape index (κ1) is 25.0. The van der Waals surface area contributed by atoms with Crippen molar-refractivity contribution >= 4 is 23.0 Å². The highest BCUT2D eigenvalue weighted by Crippen LogP contribution is 2.44. The summed E-state index contributed by atoms with van der Waals surface area (Å²) in [6.07, 6.45) is 1.97. The topological polar surface area (TPSA) is 42.3 Å². The van der Waals surface area contributed by atoms with Gasteiger partial charge >= 0.3 is 0 Å². The van der Waals surface area contributed by atoms with Crippen molar-refractivity contribution in [3.05, 3.63) is 107 Å². The van der Waals surface area contributed by atoms with Crippen molar-refractivity contribution < 1.29 is 4.74 Å². The largest absolute Gasteiger partial charge is 0.491 e. The Labute approximate surface area is 225 Å². The van der Waals surface area contributed by atoms with Crippen LogP contribution < -0.4 is 15.0 Å². The number of benzene rings is 2. The van der Waals surface area contributed by atoms with E-state index in [0.717, 1.165) is 17.1 Å². The van der Waals surface area contributed by atoms with E-state index >= 15 is 0 Å². The van der Waals surface area contributed by atoms with E-state index in [0.29, 0.717) is 5.11 Å². The van der Waals surface area contributed by atoms with Crippen molar-refractivity contribution in [1.29, 1.82) is 0 Å². The molecule has 0 amide bonds. The van der Waals surface area contributed by atoms with Gasteiger partial charge in [-0.25, -0.2) is 0 Å². The lowest BCUT2D eigenvalue weighted by atomic mass is 9.96. The van der Waals surface area contributed by atoms with E-state index in [1.807, 2.05) is 44.3 Å². The third-order valence-corrected chi connectivity index (χ3v) is 7.35. The molecule has 1 N–H and O–H groups in total. The van der Waals surface area contributed by atoms with Crippen LogP contribution in [0.5, 0.6) is 5.75 Å². The molecule has 1 fully saturated rings. The first-order valence-corrected chi connectivity index (χ1v) is 13.2. The number of pyridine rings is 1. The van der Waals surface area contributed by atoms with E-state index in [4.69, 9.17) is 21.9 Å². The number of anilines is 1. The van der Waals surface area contributed by atoms with Crippen LogP contribution in [-0.4, -0.2) is 20.8 Å². The predicted octanol–water partition coefficient (Wildman–Crippen LogP) is 7.07. The van der Waals surface area contributed by atoms with E-state index in [1.165, 1.54) is 33.8 Å². The standard InChI is InChI=1S/C31H34N4OS/c1-19(2)36-25-15-13-24(14-16-25)35-30(28(33-31(35)37)27-12-7-8-17-32-27)26-18-22(5)34(23(26)6)29-20(3)10-9-11-21(29)4/h7-19,28,30H,1-6H3,(H,33,37)/t28-,30+/m1/s1. The molecule has 1 saturated heterocycles. The van der Waals surface area contributed by atoms with Gasteiger partial charge in [-0.1, -0.05) is 24.3 Å². The molecule has 2 atom stereocenters. The summed E-state index contributed by atoms with van der Waals surface area (Å²) in [6, 6.07) is 22.9. The van der Waals surface area contributed by atoms with Crippen LogP contribution in [0.2, 0.25) is 0 Å². The van der Waals surface area contributed by atoms with Crippen molar-refractivity contribution in [1.82, 2.24) is 14.9 Å². The van der Waals surface area contributed by atoms with Gasteiger partial charge in [0.25, 0.3) is 0 Å². The smallest absolute Gasteiger partial charge is 0.174 e. The summed E-state index contributed by atoms with van der Waals surface area (Å²) in [6.45, 7) is 12.8. The summed E-state index contributed by atoms with van der Waals surface area (Å²) in [5.41, 5.74) is 9.38. The predicted molar refractivity (Wildman–Crippen MR) is 155 cm³/mol. The normalized spacial score (nSPS) is 17.4. The molecule has 6 heteroatoms. The maximum Gasteiger partial charge on any atom is 0.174 e. The maximum absolute atomic E-state index is 5.95. The zero-order valence-corrected chi connectivity index (χ0v) is 23.1. The lowest BCUT2D eigenvalue weighted by Gasteiger charge is -2.28. The molecule has 1 aliphatic heterocycles. The summed E-state index contributed by atoms with van der Waals surface area (Å²) in [5, 5.41) is 4.28. The van der Waals surface area contributed by atoms with E-state index in [9.17, 15) is 0 Å². The van der Waals surface area contributed by atoms with Crippen LogP contribution in [0.3, 0.4) is 0 Å². The molecule has 4 aromatic rings. The van der Waals surface area contributed by atoms with E-state index in [-0.39, 0.29) is 18.2 Å². The van der Waals surface area contributed by atoms with Crippen molar-refractivity contribution in [2.45, 2.75) is 59.7 Å². The second-order valence-electron chi connectivity index (χ2n) is 10.1. The number of rotatable bonds is 6. The average Bonchev–Trinajstić information content (AvgIpc) is 3.35. The van der Waals surface area contributed by atoms with E-state index in [2.05, 4.69) is 84.9 Å². The highest BCUT2D eigenvalue weighted by atomic mass is 32.1. The lowest BCUT2D eigenvalue weighted by Crippen LogP contribution is -2.29. The molecule has 0 unspecified atom stereocenters. The van der Waals surface area contributed by atoms with Crippen LogP contribution in [0.15, 0.2) is 72.9 Å². The average molecular weight is 511 g/mol. The van der Waals surface area contributed by atoms with Gasteiger partial charge in [-0.15, -0.1) is 0 Å². The van der Waals surface area contributed by atoms with Gasteiger partial charge in [0.1, 0.15) is 5.75 Å². The number of para-hydroxylation sites is 1. The summed E-state index contributed by atoms with van der Waals surface area (Å²) >= 11 is 5.95. The highest BCUT2D eigenvalue weighted by molar-refractivity contribution is 7.80. The van der Waals surface area contributed by atoms with Crippen LogP contribution in [0.1, 0.15) is 59.7 Å². The number of ether oxygens (including phenoxy) is 1. The lowest BCUT2D eigenvalue weighted by molar-refractivity contribution is 0.242. The molecule has 5 nitrogen and oxygen atoms in total. The summed E-state index contributed by atoms with van der Waals surface area (Å²) in [7, 11) is 0. The summed E-state index contributed by atoms with van der Waals surface area (Å²) < 4.78 is 8.27. The van der Waals surface area contributed by atoms with Crippen molar-refractivity contribution in [2.75, 3.05) is 4.90 Å². The molecular weight excluding hydrogens is 476 g/mol. The minimum absolute atomic E-state index is 0.0662. The Kier molecular flexibility index (Phi) is 6.78. The van der Waals surface area contributed by atoms with E-state index in [1.54, 1.807) is 0 Å². The molecule has 5 rings (SSSR count). The van der Waals surface area contributed by atoms with Crippen LogP contribution in [0.4, 0.5) is 5.69 Å². The number of nitrogens with one attached hydrogen (secondary N) is 1.